The SMILES string of the molecule is CCCCn1c(N)c(N(C)CC(=O)N2CCCc3ccccc32)c(=O)[nH]c1=O. The van der Waals surface area contributed by atoms with E-state index in [1.54, 1.807) is 11.9 Å². The number of nitrogens with zero attached hydrogens (tertiary/aromatic N) is 3. The summed E-state index contributed by atoms with van der Waals surface area (Å²) in [5, 5.41) is 0. The number of hydrogen-bond acceptors (Lipinski definition) is 5. The normalized spacial score (nSPS) is 13.3. The van der Waals surface area contributed by atoms with E-state index < -0.39 is 11.2 Å². The second-order valence-corrected chi connectivity index (χ2v) is 7.13. The Bertz CT molecular complexity index is 979. The Morgan fingerprint density at radius 2 is 2.04 bits per heavy atom. The highest BCUT2D eigenvalue weighted by molar-refractivity contribution is 5.97. The molecule has 0 saturated heterocycles. The van der Waals surface area contributed by atoms with Crippen LogP contribution >= 0.6 is 0 Å². The molecule has 1 aliphatic heterocycles. The van der Waals surface area contributed by atoms with E-state index in [9.17, 15) is 14.4 Å². The highest BCUT2D eigenvalue weighted by Gasteiger charge is 2.25. The number of likely N-dealkylation sites (N-methyl/N-ethyl adjacent to an activating group) is 1. The third-order valence-corrected chi connectivity index (χ3v) is 5.11. The van der Waals surface area contributed by atoms with Crippen molar-refractivity contribution in [2.24, 2.45) is 0 Å². The van der Waals surface area contributed by atoms with Gasteiger partial charge in [0.2, 0.25) is 5.91 Å². The molecule has 150 valence electrons. The highest BCUT2D eigenvalue weighted by atomic mass is 16.2. The van der Waals surface area contributed by atoms with E-state index in [1.807, 2.05) is 31.2 Å². The topological polar surface area (TPSA) is 104 Å². The second kappa shape index (κ2) is 8.33. The summed E-state index contributed by atoms with van der Waals surface area (Å²) in [6.07, 6.45) is 3.51. The molecule has 0 unspecified atom stereocenters. The van der Waals surface area contributed by atoms with Crippen LogP contribution in [0.1, 0.15) is 31.7 Å². The lowest BCUT2D eigenvalue weighted by Crippen LogP contribution is -2.44. The van der Waals surface area contributed by atoms with Gasteiger partial charge in [0, 0.05) is 25.8 Å². The molecule has 28 heavy (non-hydrogen) atoms. The lowest BCUT2D eigenvalue weighted by atomic mass is 10.0. The van der Waals surface area contributed by atoms with Crippen molar-refractivity contribution in [3.05, 3.63) is 50.7 Å². The Kier molecular flexibility index (Phi) is 5.87. The van der Waals surface area contributed by atoms with Gasteiger partial charge in [0.25, 0.3) is 5.56 Å². The minimum atomic E-state index is -0.579. The highest BCUT2D eigenvalue weighted by Crippen LogP contribution is 2.27. The molecule has 0 bridgehead atoms. The Morgan fingerprint density at radius 3 is 2.79 bits per heavy atom. The summed E-state index contributed by atoms with van der Waals surface area (Å²) in [6, 6.07) is 7.86. The maximum absolute atomic E-state index is 13.0. The minimum Gasteiger partial charge on any atom is -0.383 e. The van der Waals surface area contributed by atoms with Crippen LogP contribution in [0.4, 0.5) is 17.2 Å². The zero-order chi connectivity index (χ0) is 20.3. The molecule has 3 rings (SSSR count). The fourth-order valence-corrected chi connectivity index (χ4v) is 3.64. The smallest absolute Gasteiger partial charge is 0.330 e. The van der Waals surface area contributed by atoms with Gasteiger partial charge in [-0.3, -0.25) is 19.1 Å². The zero-order valence-corrected chi connectivity index (χ0v) is 16.4. The monoisotopic (exact) mass is 385 g/mol. The van der Waals surface area contributed by atoms with Crippen molar-refractivity contribution < 1.29 is 4.79 Å². The fourth-order valence-electron chi connectivity index (χ4n) is 3.64. The van der Waals surface area contributed by atoms with E-state index in [2.05, 4.69) is 4.98 Å². The molecule has 0 saturated carbocycles. The van der Waals surface area contributed by atoms with Crippen LogP contribution in [0, 0.1) is 0 Å². The number of para-hydroxylation sites is 1. The van der Waals surface area contributed by atoms with Crippen molar-refractivity contribution in [3.63, 3.8) is 0 Å². The summed E-state index contributed by atoms with van der Waals surface area (Å²) in [4.78, 5) is 43.0. The maximum Gasteiger partial charge on any atom is 0.330 e. The van der Waals surface area contributed by atoms with Crippen molar-refractivity contribution in [1.82, 2.24) is 9.55 Å². The van der Waals surface area contributed by atoms with Gasteiger partial charge in [-0.05, 0) is 30.9 Å². The molecule has 1 aromatic carbocycles. The number of hydrogen-bond donors (Lipinski definition) is 2. The van der Waals surface area contributed by atoms with Crippen molar-refractivity contribution >= 4 is 23.1 Å². The van der Waals surface area contributed by atoms with E-state index in [1.165, 1.54) is 9.47 Å². The van der Waals surface area contributed by atoms with Gasteiger partial charge in [-0.15, -0.1) is 0 Å². The summed E-state index contributed by atoms with van der Waals surface area (Å²) in [7, 11) is 1.64. The van der Waals surface area contributed by atoms with Gasteiger partial charge in [-0.2, -0.15) is 0 Å². The molecule has 1 amide bonds. The molecule has 0 atom stereocenters. The first-order chi connectivity index (χ1) is 13.4. The Labute approximate surface area is 163 Å². The Hall–Kier alpha value is -3.03. The molecule has 0 fully saturated rings. The molecule has 0 aliphatic carbocycles. The van der Waals surface area contributed by atoms with Gasteiger partial charge in [-0.25, -0.2) is 4.79 Å². The molecule has 0 radical (unpaired) electrons. The number of aromatic amines is 1. The first-order valence-corrected chi connectivity index (χ1v) is 9.66. The number of carbonyl (C=O) groups excluding carboxylic acids is 1. The van der Waals surface area contributed by atoms with Crippen LogP contribution in [0.2, 0.25) is 0 Å². The van der Waals surface area contributed by atoms with Crippen molar-refractivity contribution in [3.8, 4) is 0 Å². The summed E-state index contributed by atoms with van der Waals surface area (Å²) in [5.74, 6) is -0.0173. The maximum atomic E-state index is 13.0. The number of fused-ring (bicyclic) bond motifs is 1. The number of nitrogens with one attached hydrogen (secondary N) is 1. The van der Waals surface area contributed by atoms with E-state index in [4.69, 9.17) is 5.73 Å². The first-order valence-electron chi connectivity index (χ1n) is 9.66. The fraction of sp³-hybridized carbons (Fsp3) is 0.450. The molecule has 1 aromatic heterocycles. The number of benzene rings is 1. The van der Waals surface area contributed by atoms with E-state index in [0.717, 1.165) is 36.9 Å². The number of amides is 1. The van der Waals surface area contributed by atoms with Crippen molar-refractivity contribution in [1.29, 1.82) is 0 Å². The number of aromatic nitrogens is 2. The summed E-state index contributed by atoms with van der Waals surface area (Å²) >= 11 is 0. The molecule has 0 spiro atoms. The van der Waals surface area contributed by atoms with Crippen molar-refractivity contribution in [2.45, 2.75) is 39.2 Å². The van der Waals surface area contributed by atoms with E-state index in [-0.39, 0.29) is 24.0 Å². The number of nitrogens with two attached hydrogens (primary N) is 1. The van der Waals surface area contributed by atoms with Gasteiger partial charge in [0.05, 0.1) is 6.54 Å². The molecule has 8 heteroatoms. The second-order valence-electron chi connectivity index (χ2n) is 7.13. The van der Waals surface area contributed by atoms with Crippen LogP contribution in [0.3, 0.4) is 0 Å². The summed E-state index contributed by atoms with van der Waals surface area (Å²) in [6.45, 7) is 3.07. The van der Waals surface area contributed by atoms with Crippen LogP contribution in [-0.4, -0.2) is 35.6 Å². The number of carbonyl (C=O) groups is 1. The number of H-pyrrole nitrogens is 1. The number of anilines is 3. The lowest BCUT2D eigenvalue weighted by molar-refractivity contribution is -0.117. The van der Waals surface area contributed by atoms with E-state index >= 15 is 0 Å². The van der Waals surface area contributed by atoms with Gasteiger partial charge < -0.3 is 15.5 Å². The van der Waals surface area contributed by atoms with Crippen LogP contribution in [0.15, 0.2) is 33.9 Å². The minimum absolute atomic E-state index is 0.00635. The standard InChI is InChI=1S/C20H27N5O3/c1-3-4-11-25-18(21)17(19(27)22-20(25)28)23(2)13-16(26)24-12-7-9-14-8-5-6-10-15(14)24/h5-6,8,10H,3-4,7,9,11-13,21H2,1-2H3,(H,22,27,28). The summed E-state index contributed by atoms with van der Waals surface area (Å²) < 4.78 is 1.36. The average molecular weight is 385 g/mol. The molecule has 3 N–H and O–H groups in total. The lowest BCUT2D eigenvalue weighted by Gasteiger charge is -2.31. The molecule has 2 aromatic rings. The van der Waals surface area contributed by atoms with Gasteiger partial charge in [0.15, 0.2) is 0 Å². The number of aryl methyl sites for hydroxylation is 1. The van der Waals surface area contributed by atoms with E-state index in [0.29, 0.717) is 13.1 Å². The molecule has 2 heterocycles. The van der Waals surface area contributed by atoms with Gasteiger partial charge in [0.1, 0.15) is 11.5 Å². The Morgan fingerprint density at radius 1 is 1.29 bits per heavy atom. The van der Waals surface area contributed by atoms with Crippen molar-refractivity contribution in [2.75, 3.05) is 35.7 Å². The molecule has 1 aliphatic rings. The Balaban J connectivity index is 1.86. The quantitative estimate of drug-likeness (QED) is 0.781. The van der Waals surface area contributed by atoms with Gasteiger partial charge >= 0.3 is 5.69 Å². The molecular formula is C20H27N5O3. The number of unbranched alkanes of at least 4 members (excludes halogenated alkanes) is 1. The average Bonchev–Trinajstić information content (AvgIpc) is 2.67. The molecule has 8 nitrogen and oxygen atoms in total. The number of nitrogen functional groups attached to an aromatic ring is 1. The molecular weight excluding hydrogens is 358 g/mol. The van der Waals surface area contributed by atoms with Crippen LogP contribution in [0.5, 0.6) is 0 Å². The van der Waals surface area contributed by atoms with Crippen LogP contribution in [-0.2, 0) is 17.8 Å². The first kappa shape index (κ1) is 19.7. The number of rotatable bonds is 6. The predicted octanol–water partition coefficient (Wildman–Crippen LogP) is 1.33. The third kappa shape index (κ3) is 3.81. The van der Waals surface area contributed by atoms with Crippen LogP contribution in [0.25, 0.3) is 0 Å². The van der Waals surface area contributed by atoms with Crippen LogP contribution < -0.4 is 26.8 Å². The van der Waals surface area contributed by atoms with Gasteiger partial charge in [-0.1, -0.05) is 31.5 Å². The predicted molar refractivity (Wildman–Crippen MR) is 111 cm³/mol. The largest absolute Gasteiger partial charge is 0.383 e. The summed E-state index contributed by atoms with van der Waals surface area (Å²) in [5.41, 5.74) is 7.25. The zero-order valence-electron chi connectivity index (χ0n) is 16.4. The third-order valence-electron chi connectivity index (χ3n) is 5.11.